The summed E-state index contributed by atoms with van der Waals surface area (Å²) in [6.45, 7) is 7.35. The van der Waals surface area contributed by atoms with Gasteiger partial charge >= 0.3 is 0 Å². The summed E-state index contributed by atoms with van der Waals surface area (Å²) < 4.78 is 1.35. The third-order valence-corrected chi connectivity index (χ3v) is 3.14. The first-order valence-corrected chi connectivity index (χ1v) is 7.10. The van der Waals surface area contributed by atoms with Crippen molar-refractivity contribution in [2.24, 2.45) is 0 Å². The summed E-state index contributed by atoms with van der Waals surface area (Å²) in [5.41, 5.74) is 2.61. The van der Waals surface area contributed by atoms with Crippen LogP contribution in [0.1, 0.15) is 29.7 Å². The molecule has 2 N–H and O–H groups in total. The molecule has 2 aromatic heterocycles. The van der Waals surface area contributed by atoms with Crippen LogP contribution in [-0.2, 0) is 22.7 Å². The molecule has 0 aliphatic rings. The van der Waals surface area contributed by atoms with Crippen molar-refractivity contribution in [1.82, 2.24) is 30.3 Å². The SMILES string of the molecule is CC(=O)Nc1cn(CC(=O)NCc2c(C)nc(C)nc2C)nn1. The van der Waals surface area contributed by atoms with Crippen LogP contribution in [0.3, 0.4) is 0 Å². The van der Waals surface area contributed by atoms with Crippen molar-refractivity contribution in [2.75, 3.05) is 5.32 Å². The zero-order valence-corrected chi connectivity index (χ0v) is 13.5. The molecule has 2 heterocycles. The molecule has 23 heavy (non-hydrogen) atoms. The highest BCUT2D eigenvalue weighted by Crippen LogP contribution is 2.09. The standard InChI is InChI=1S/C14H19N7O2/c1-8-12(9(2)17-10(3)16-8)5-15-14(23)7-21-6-13(19-20-21)18-11(4)22/h6H,5,7H2,1-4H3,(H,15,23)(H,18,22). The van der Waals surface area contributed by atoms with E-state index in [0.717, 1.165) is 17.0 Å². The van der Waals surface area contributed by atoms with E-state index < -0.39 is 0 Å². The average Bonchev–Trinajstić information content (AvgIpc) is 2.83. The normalized spacial score (nSPS) is 10.4. The van der Waals surface area contributed by atoms with Crippen molar-refractivity contribution in [2.45, 2.75) is 40.8 Å². The lowest BCUT2D eigenvalue weighted by Gasteiger charge is -2.10. The maximum absolute atomic E-state index is 12.0. The summed E-state index contributed by atoms with van der Waals surface area (Å²) in [4.78, 5) is 31.5. The molecule has 0 bridgehead atoms. The summed E-state index contributed by atoms with van der Waals surface area (Å²) in [7, 11) is 0. The van der Waals surface area contributed by atoms with Crippen LogP contribution in [0.25, 0.3) is 0 Å². The zero-order valence-electron chi connectivity index (χ0n) is 13.5. The Morgan fingerprint density at radius 1 is 1.17 bits per heavy atom. The fourth-order valence-electron chi connectivity index (χ4n) is 2.17. The minimum absolute atomic E-state index is 0.0113. The molecule has 0 aromatic carbocycles. The second-order valence-corrected chi connectivity index (χ2v) is 5.18. The number of amides is 2. The number of carbonyl (C=O) groups excluding carboxylic acids is 2. The maximum Gasteiger partial charge on any atom is 0.242 e. The van der Waals surface area contributed by atoms with E-state index in [0.29, 0.717) is 18.2 Å². The van der Waals surface area contributed by atoms with Crippen LogP contribution >= 0.6 is 0 Å². The van der Waals surface area contributed by atoms with E-state index in [1.165, 1.54) is 17.8 Å². The van der Waals surface area contributed by atoms with Gasteiger partial charge in [0.05, 0.1) is 6.20 Å². The van der Waals surface area contributed by atoms with Gasteiger partial charge in [0.25, 0.3) is 0 Å². The molecule has 0 aliphatic heterocycles. The van der Waals surface area contributed by atoms with Crippen LogP contribution in [0.15, 0.2) is 6.20 Å². The van der Waals surface area contributed by atoms with Crippen LogP contribution in [0.5, 0.6) is 0 Å². The predicted molar refractivity (Wildman–Crippen MR) is 82.4 cm³/mol. The minimum Gasteiger partial charge on any atom is -0.350 e. The molecule has 9 heteroatoms. The van der Waals surface area contributed by atoms with Crippen LogP contribution in [0, 0.1) is 20.8 Å². The van der Waals surface area contributed by atoms with E-state index in [2.05, 4.69) is 30.9 Å². The fourth-order valence-corrected chi connectivity index (χ4v) is 2.17. The van der Waals surface area contributed by atoms with Crippen molar-refractivity contribution in [1.29, 1.82) is 0 Å². The summed E-state index contributed by atoms with van der Waals surface area (Å²) in [6, 6.07) is 0. The van der Waals surface area contributed by atoms with Gasteiger partial charge in [0.1, 0.15) is 12.4 Å². The van der Waals surface area contributed by atoms with E-state index in [4.69, 9.17) is 0 Å². The molecule has 2 aromatic rings. The Balaban J connectivity index is 1.93. The molecule has 0 unspecified atom stereocenters. The largest absolute Gasteiger partial charge is 0.350 e. The van der Waals surface area contributed by atoms with Crippen LogP contribution in [0.4, 0.5) is 5.82 Å². The van der Waals surface area contributed by atoms with Gasteiger partial charge in [-0.25, -0.2) is 14.6 Å². The molecule has 9 nitrogen and oxygen atoms in total. The Hall–Kier alpha value is -2.84. The third kappa shape index (κ3) is 4.56. The Morgan fingerprint density at radius 3 is 2.43 bits per heavy atom. The van der Waals surface area contributed by atoms with E-state index in [9.17, 15) is 9.59 Å². The number of anilines is 1. The van der Waals surface area contributed by atoms with Gasteiger partial charge in [-0.3, -0.25) is 9.59 Å². The Morgan fingerprint density at radius 2 is 1.83 bits per heavy atom. The zero-order chi connectivity index (χ0) is 17.0. The minimum atomic E-state index is -0.244. The molecule has 0 saturated carbocycles. The van der Waals surface area contributed by atoms with Gasteiger partial charge in [0.15, 0.2) is 5.82 Å². The van der Waals surface area contributed by atoms with Gasteiger partial charge in [0, 0.05) is 30.4 Å². The molecule has 0 saturated heterocycles. The van der Waals surface area contributed by atoms with Gasteiger partial charge in [0.2, 0.25) is 11.8 Å². The van der Waals surface area contributed by atoms with Gasteiger partial charge in [-0.1, -0.05) is 5.21 Å². The number of aryl methyl sites for hydroxylation is 3. The molecule has 0 atom stereocenters. The van der Waals surface area contributed by atoms with Gasteiger partial charge < -0.3 is 10.6 Å². The molecule has 0 radical (unpaired) electrons. The van der Waals surface area contributed by atoms with Crippen LogP contribution in [0.2, 0.25) is 0 Å². The summed E-state index contributed by atoms with van der Waals surface area (Å²) >= 11 is 0. The highest BCUT2D eigenvalue weighted by molar-refractivity contribution is 5.87. The first-order valence-electron chi connectivity index (χ1n) is 7.10. The number of carbonyl (C=O) groups is 2. The number of hydrogen-bond acceptors (Lipinski definition) is 6. The lowest BCUT2D eigenvalue weighted by Crippen LogP contribution is -2.28. The van der Waals surface area contributed by atoms with Gasteiger partial charge in [-0.15, -0.1) is 5.10 Å². The topological polar surface area (TPSA) is 115 Å². The first kappa shape index (κ1) is 16.5. The van der Waals surface area contributed by atoms with Crippen molar-refractivity contribution < 1.29 is 9.59 Å². The number of nitrogens with zero attached hydrogens (tertiary/aromatic N) is 5. The number of rotatable bonds is 5. The average molecular weight is 317 g/mol. The second-order valence-electron chi connectivity index (χ2n) is 5.18. The first-order chi connectivity index (χ1) is 10.8. The summed E-state index contributed by atoms with van der Waals surface area (Å²) in [6.07, 6.45) is 1.49. The molecule has 122 valence electrons. The number of nitrogens with one attached hydrogen (secondary N) is 2. The smallest absolute Gasteiger partial charge is 0.242 e. The van der Waals surface area contributed by atoms with E-state index in [1.54, 1.807) is 0 Å². The van der Waals surface area contributed by atoms with E-state index >= 15 is 0 Å². The highest BCUT2D eigenvalue weighted by atomic mass is 16.2. The predicted octanol–water partition coefficient (Wildman–Crippen LogP) is 0.268. The van der Waals surface area contributed by atoms with Crippen molar-refractivity contribution in [3.05, 3.63) is 29.0 Å². The monoisotopic (exact) mass is 317 g/mol. The Kier molecular flexibility index (Phi) is 4.99. The molecule has 0 fully saturated rings. The van der Waals surface area contributed by atoms with Crippen molar-refractivity contribution in [3.63, 3.8) is 0 Å². The van der Waals surface area contributed by atoms with Crippen molar-refractivity contribution >= 4 is 17.6 Å². The Labute approximate surface area is 133 Å². The second kappa shape index (κ2) is 6.95. The molecule has 0 spiro atoms. The van der Waals surface area contributed by atoms with Gasteiger partial charge in [-0.2, -0.15) is 0 Å². The van der Waals surface area contributed by atoms with Crippen LogP contribution in [-0.4, -0.2) is 36.8 Å². The maximum atomic E-state index is 12.0. The van der Waals surface area contributed by atoms with Crippen molar-refractivity contribution in [3.8, 4) is 0 Å². The molecule has 2 amide bonds. The third-order valence-electron chi connectivity index (χ3n) is 3.14. The summed E-state index contributed by atoms with van der Waals surface area (Å²) in [5.74, 6) is 0.558. The van der Waals surface area contributed by atoms with Gasteiger partial charge in [-0.05, 0) is 20.8 Å². The molecular formula is C14H19N7O2. The lowest BCUT2D eigenvalue weighted by atomic mass is 10.1. The lowest BCUT2D eigenvalue weighted by molar-refractivity contribution is -0.122. The fraction of sp³-hybridized carbons (Fsp3) is 0.429. The Bertz CT molecular complexity index is 715. The van der Waals surface area contributed by atoms with E-state index in [1.807, 2.05) is 20.8 Å². The molecule has 2 rings (SSSR count). The number of hydrogen-bond donors (Lipinski definition) is 2. The molecule has 0 aliphatic carbocycles. The summed E-state index contributed by atoms with van der Waals surface area (Å²) in [5, 5.41) is 12.8. The van der Waals surface area contributed by atoms with E-state index in [-0.39, 0.29) is 18.4 Å². The highest BCUT2D eigenvalue weighted by Gasteiger charge is 2.10. The van der Waals surface area contributed by atoms with Crippen LogP contribution < -0.4 is 10.6 Å². The molecular weight excluding hydrogens is 298 g/mol. The number of aromatic nitrogens is 5. The quantitative estimate of drug-likeness (QED) is 0.818.